The normalized spacial score (nSPS) is 13.8. The van der Waals surface area contributed by atoms with Gasteiger partial charge in [0.15, 0.2) is 0 Å². The maximum absolute atomic E-state index is 12.4. The van der Waals surface area contributed by atoms with Crippen LogP contribution >= 0.6 is 15.9 Å². The first kappa shape index (κ1) is 15.1. The minimum atomic E-state index is 0.0252. The number of carbonyl (C=O) groups is 1. The first-order chi connectivity index (χ1) is 11.8. The third kappa shape index (κ3) is 2.55. The number of amides is 1. The number of para-hydroxylation sites is 1. The van der Waals surface area contributed by atoms with Crippen LogP contribution in [0.3, 0.4) is 0 Å². The number of H-pyrrole nitrogens is 1. The summed E-state index contributed by atoms with van der Waals surface area (Å²) in [6, 6.07) is 14.3. The maximum Gasteiger partial charge on any atom is 0.250 e. The molecule has 1 aliphatic heterocycles. The number of hydrogen-bond acceptors (Lipinski definition) is 2. The second-order valence-corrected chi connectivity index (χ2v) is 6.41. The van der Waals surface area contributed by atoms with Gasteiger partial charge in [0, 0.05) is 34.6 Å². The molecule has 2 heterocycles. The van der Waals surface area contributed by atoms with Crippen molar-refractivity contribution >= 4 is 38.4 Å². The molecule has 4 rings (SSSR count). The van der Waals surface area contributed by atoms with Crippen LogP contribution in [0.5, 0.6) is 0 Å². The van der Waals surface area contributed by atoms with Crippen LogP contribution in [0.1, 0.15) is 5.56 Å². The molecule has 2 aromatic carbocycles. The lowest BCUT2D eigenvalue weighted by Crippen LogP contribution is -2.26. The number of aromatic amines is 1. The summed E-state index contributed by atoms with van der Waals surface area (Å²) in [5, 5.41) is 9.30. The third-order valence-corrected chi connectivity index (χ3v) is 4.71. The molecule has 0 fully saturated rings. The standard InChI is InChI=1S/C19H16BrN3O/c20-10-3-6-18(24)23-11-9-13-7-8-14(12-17(13)23)19-15-4-1-2-5-16(15)21-22-19/h1-8,12H,9-11H2,(H,21,22)/b6-3+. The van der Waals surface area contributed by atoms with Crippen molar-refractivity contribution in [1.82, 2.24) is 10.2 Å². The summed E-state index contributed by atoms with van der Waals surface area (Å²) in [5.41, 5.74) is 5.16. The molecule has 1 aliphatic rings. The Bertz CT molecular complexity index is 945. The average Bonchev–Trinajstić information content (AvgIpc) is 3.23. The second-order valence-electron chi connectivity index (χ2n) is 5.76. The fourth-order valence-electron chi connectivity index (χ4n) is 3.17. The number of hydrogen-bond donors (Lipinski definition) is 1. The topological polar surface area (TPSA) is 49.0 Å². The van der Waals surface area contributed by atoms with Crippen molar-refractivity contribution in [2.45, 2.75) is 6.42 Å². The first-order valence-corrected chi connectivity index (χ1v) is 9.00. The predicted octanol–water partition coefficient (Wildman–Crippen LogP) is 4.07. The van der Waals surface area contributed by atoms with Gasteiger partial charge in [0.25, 0.3) is 5.91 Å². The predicted molar refractivity (Wildman–Crippen MR) is 101 cm³/mol. The smallest absolute Gasteiger partial charge is 0.250 e. The molecule has 1 amide bonds. The number of fused-ring (bicyclic) bond motifs is 2. The van der Waals surface area contributed by atoms with Crippen molar-refractivity contribution in [3.05, 3.63) is 60.2 Å². The summed E-state index contributed by atoms with van der Waals surface area (Å²) in [6.45, 7) is 0.728. The molecule has 1 N–H and O–H groups in total. The van der Waals surface area contributed by atoms with E-state index in [9.17, 15) is 4.79 Å². The number of aromatic nitrogens is 2. The lowest BCUT2D eigenvalue weighted by Gasteiger charge is -2.15. The van der Waals surface area contributed by atoms with Gasteiger partial charge >= 0.3 is 0 Å². The van der Waals surface area contributed by atoms with Crippen molar-refractivity contribution in [2.75, 3.05) is 16.8 Å². The SMILES string of the molecule is O=C(/C=C/CBr)N1CCc2ccc(-c3n[nH]c4ccccc34)cc21. The van der Waals surface area contributed by atoms with Crippen molar-refractivity contribution < 1.29 is 4.79 Å². The third-order valence-electron chi connectivity index (χ3n) is 4.34. The zero-order valence-corrected chi connectivity index (χ0v) is 14.6. The first-order valence-electron chi connectivity index (χ1n) is 7.88. The quantitative estimate of drug-likeness (QED) is 0.549. The van der Waals surface area contributed by atoms with Gasteiger partial charge in [0.2, 0.25) is 0 Å². The average molecular weight is 382 g/mol. The van der Waals surface area contributed by atoms with Crippen molar-refractivity contribution in [2.24, 2.45) is 0 Å². The number of rotatable bonds is 3. The summed E-state index contributed by atoms with van der Waals surface area (Å²) < 4.78 is 0. The summed E-state index contributed by atoms with van der Waals surface area (Å²) in [6.07, 6.45) is 4.34. The van der Waals surface area contributed by atoms with E-state index >= 15 is 0 Å². The van der Waals surface area contributed by atoms with Gasteiger partial charge in [-0.05, 0) is 24.1 Å². The molecule has 0 unspecified atom stereocenters. The van der Waals surface area contributed by atoms with E-state index in [0.717, 1.165) is 40.8 Å². The molecule has 0 saturated carbocycles. The highest BCUT2D eigenvalue weighted by molar-refractivity contribution is 9.09. The lowest BCUT2D eigenvalue weighted by molar-refractivity contribution is -0.114. The van der Waals surface area contributed by atoms with Gasteiger partial charge in [-0.25, -0.2) is 0 Å². The van der Waals surface area contributed by atoms with Crippen molar-refractivity contribution in [3.63, 3.8) is 0 Å². The van der Waals surface area contributed by atoms with E-state index in [-0.39, 0.29) is 5.91 Å². The van der Waals surface area contributed by atoms with Crippen LogP contribution < -0.4 is 4.90 Å². The Labute approximate surface area is 148 Å². The molecule has 120 valence electrons. The van der Waals surface area contributed by atoms with E-state index in [1.54, 1.807) is 6.08 Å². The molecule has 24 heavy (non-hydrogen) atoms. The molecule has 1 aromatic heterocycles. The van der Waals surface area contributed by atoms with E-state index in [0.29, 0.717) is 5.33 Å². The van der Waals surface area contributed by atoms with Gasteiger partial charge in [0.1, 0.15) is 0 Å². The molecular formula is C19H16BrN3O. The van der Waals surface area contributed by atoms with E-state index in [2.05, 4.69) is 50.4 Å². The van der Waals surface area contributed by atoms with Gasteiger partial charge in [-0.2, -0.15) is 5.10 Å². The van der Waals surface area contributed by atoms with E-state index in [1.165, 1.54) is 5.56 Å². The second kappa shape index (κ2) is 6.24. The van der Waals surface area contributed by atoms with Crippen LogP contribution in [0, 0.1) is 0 Å². The van der Waals surface area contributed by atoms with Gasteiger partial charge in [-0.3, -0.25) is 9.89 Å². The van der Waals surface area contributed by atoms with Crippen LogP contribution in [0.2, 0.25) is 0 Å². The van der Waals surface area contributed by atoms with Gasteiger partial charge in [0.05, 0.1) is 11.2 Å². The summed E-state index contributed by atoms with van der Waals surface area (Å²) in [7, 11) is 0. The fourth-order valence-corrected chi connectivity index (χ4v) is 3.36. The van der Waals surface area contributed by atoms with Crippen LogP contribution in [-0.2, 0) is 11.2 Å². The summed E-state index contributed by atoms with van der Waals surface area (Å²) in [5.74, 6) is 0.0252. The van der Waals surface area contributed by atoms with Crippen molar-refractivity contribution in [3.8, 4) is 11.3 Å². The van der Waals surface area contributed by atoms with Crippen molar-refractivity contribution in [1.29, 1.82) is 0 Å². The number of nitrogens with zero attached hydrogens (tertiary/aromatic N) is 2. The molecule has 0 atom stereocenters. The van der Waals surface area contributed by atoms with Crippen LogP contribution in [-0.4, -0.2) is 28.0 Å². The van der Waals surface area contributed by atoms with Crippen LogP contribution in [0.4, 0.5) is 5.69 Å². The van der Waals surface area contributed by atoms with Gasteiger partial charge in [-0.15, -0.1) is 0 Å². The molecule has 0 spiro atoms. The monoisotopic (exact) mass is 381 g/mol. The Hall–Kier alpha value is -2.40. The molecule has 0 aliphatic carbocycles. The zero-order valence-electron chi connectivity index (χ0n) is 13.0. The molecule has 5 heteroatoms. The number of allylic oxidation sites excluding steroid dienone is 1. The zero-order chi connectivity index (χ0) is 16.5. The number of nitrogens with one attached hydrogen (secondary N) is 1. The van der Waals surface area contributed by atoms with Crippen LogP contribution in [0.15, 0.2) is 54.6 Å². The van der Waals surface area contributed by atoms with E-state index in [1.807, 2.05) is 29.2 Å². The highest BCUT2D eigenvalue weighted by Crippen LogP contribution is 2.34. The largest absolute Gasteiger partial charge is 0.308 e. The highest BCUT2D eigenvalue weighted by Gasteiger charge is 2.24. The molecule has 4 nitrogen and oxygen atoms in total. The molecular weight excluding hydrogens is 366 g/mol. The maximum atomic E-state index is 12.4. The fraction of sp³-hybridized carbons (Fsp3) is 0.158. The number of carbonyl (C=O) groups excluding carboxylic acids is 1. The number of halogens is 1. The van der Waals surface area contributed by atoms with Gasteiger partial charge in [-0.1, -0.05) is 52.3 Å². The molecule has 0 bridgehead atoms. The summed E-state index contributed by atoms with van der Waals surface area (Å²) in [4.78, 5) is 14.2. The Morgan fingerprint density at radius 3 is 3.04 bits per heavy atom. The van der Waals surface area contributed by atoms with E-state index in [4.69, 9.17) is 0 Å². The Morgan fingerprint density at radius 1 is 1.29 bits per heavy atom. The molecule has 0 radical (unpaired) electrons. The van der Waals surface area contributed by atoms with E-state index < -0.39 is 0 Å². The van der Waals surface area contributed by atoms with Crippen LogP contribution in [0.25, 0.3) is 22.2 Å². The number of benzene rings is 2. The Morgan fingerprint density at radius 2 is 2.17 bits per heavy atom. The highest BCUT2D eigenvalue weighted by atomic mass is 79.9. The number of alkyl halides is 1. The Balaban J connectivity index is 1.76. The molecule has 3 aromatic rings. The summed E-state index contributed by atoms with van der Waals surface area (Å²) >= 11 is 3.31. The number of anilines is 1. The Kier molecular flexibility index (Phi) is 3.94. The minimum Gasteiger partial charge on any atom is -0.308 e. The minimum absolute atomic E-state index is 0.0252. The van der Waals surface area contributed by atoms with Gasteiger partial charge < -0.3 is 4.90 Å². The lowest BCUT2D eigenvalue weighted by atomic mass is 10.0. The molecule has 0 saturated heterocycles.